The van der Waals surface area contributed by atoms with E-state index in [0.29, 0.717) is 22.6 Å². The number of aliphatic hydroxyl groups excluding tert-OH is 1. The van der Waals surface area contributed by atoms with Gasteiger partial charge in [0, 0.05) is 30.6 Å². The molecule has 0 aliphatic carbocycles. The predicted octanol–water partition coefficient (Wildman–Crippen LogP) is 3.34. The number of halogens is 1. The van der Waals surface area contributed by atoms with E-state index < -0.39 is 0 Å². The molecule has 0 aromatic heterocycles. The van der Waals surface area contributed by atoms with E-state index in [1.807, 2.05) is 4.90 Å². The van der Waals surface area contributed by atoms with E-state index in [-0.39, 0.29) is 12.5 Å². The van der Waals surface area contributed by atoms with Crippen LogP contribution < -0.4 is 0 Å². The number of aliphatic hydroxyl groups is 1. The Balaban J connectivity index is 2.91. The molecule has 1 rings (SSSR count). The SMILES string of the molecule is CCCN(CCC)C(=O)c1ccc(C#CCCO)c(Cl)c1. The minimum atomic E-state index is 0.00969. The molecule has 0 unspecified atom stereocenters. The van der Waals surface area contributed by atoms with Gasteiger partial charge in [-0.05, 0) is 31.0 Å². The zero-order valence-electron chi connectivity index (χ0n) is 12.7. The van der Waals surface area contributed by atoms with Gasteiger partial charge >= 0.3 is 0 Å². The number of amides is 1. The maximum absolute atomic E-state index is 12.4. The summed E-state index contributed by atoms with van der Waals surface area (Å²) >= 11 is 6.18. The zero-order valence-corrected chi connectivity index (χ0v) is 13.4. The van der Waals surface area contributed by atoms with Crippen molar-refractivity contribution < 1.29 is 9.90 Å². The van der Waals surface area contributed by atoms with E-state index in [9.17, 15) is 4.79 Å². The molecule has 0 spiro atoms. The van der Waals surface area contributed by atoms with Crippen LogP contribution in [0.2, 0.25) is 5.02 Å². The van der Waals surface area contributed by atoms with Gasteiger partial charge in [-0.1, -0.05) is 37.3 Å². The molecular formula is C17H22ClNO2. The molecule has 21 heavy (non-hydrogen) atoms. The first kappa shape index (κ1) is 17.6. The molecule has 0 aliphatic rings. The van der Waals surface area contributed by atoms with Crippen molar-refractivity contribution in [2.45, 2.75) is 33.1 Å². The van der Waals surface area contributed by atoms with Gasteiger partial charge in [-0.2, -0.15) is 0 Å². The highest BCUT2D eigenvalue weighted by molar-refractivity contribution is 6.32. The van der Waals surface area contributed by atoms with Crippen LogP contribution in [0.25, 0.3) is 0 Å². The lowest BCUT2D eigenvalue weighted by molar-refractivity contribution is 0.0755. The summed E-state index contributed by atoms with van der Waals surface area (Å²) in [6.45, 7) is 5.65. The Morgan fingerprint density at radius 1 is 1.29 bits per heavy atom. The van der Waals surface area contributed by atoms with Crippen LogP contribution in [0.4, 0.5) is 0 Å². The molecule has 4 heteroatoms. The second kappa shape index (κ2) is 9.44. The number of hydrogen-bond acceptors (Lipinski definition) is 2. The third kappa shape index (κ3) is 5.41. The van der Waals surface area contributed by atoms with Gasteiger partial charge in [0.05, 0.1) is 11.6 Å². The molecule has 1 aromatic carbocycles. The van der Waals surface area contributed by atoms with Crippen molar-refractivity contribution in [2.24, 2.45) is 0 Å². The van der Waals surface area contributed by atoms with Crippen molar-refractivity contribution in [3.8, 4) is 11.8 Å². The van der Waals surface area contributed by atoms with E-state index in [0.717, 1.165) is 25.9 Å². The largest absolute Gasteiger partial charge is 0.395 e. The second-order valence-corrected chi connectivity index (χ2v) is 5.17. The van der Waals surface area contributed by atoms with Gasteiger partial charge in [0.15, 0.2) is 0 Å². The van der Waals surface area contributed by atoms with Crippen LogP contribution in [0, 0.1) is 11.8 Å². The van der Waals surface area contributed by atoms with Crippen molar-refractivity contribution >= 4 is 17.5 Å². The summed E-state index contributed by atoms with van der Waals surface area (Å²) in [5.41, 5.74) is 1.27. The Labute approximate surface area is 131 Å². The summed E-state index contributed by atoms with van der Waals surface area (Å²) < 4.78 is 0. The van der Waals surface area contributed by atoms with Crippen LogP contribution in [0.1, 0.15) is 49.0 Å². The average molecular weight is 308 g/mol. The molecule has 1 aromatic rings. The summed E-state index contributed by atoms with van der Waals surface area (Å²) in [5.74, 6) is 5.73. The summed E-state index contributed by atoms with van der Waals surface area (Å²) in [5, 5.41) is 9.18. The minimum absolute atomic E-state index is 0.00969. The van der Waals surface area contributed by atoms with Crippen LogP contribution >= 0.6 is 11.6 Å². The molecule has 0 saturated carbocycles. The molecule has 0 bridgehead atoms. The first-order valence-electron chi connectivity index (χ1n) is 7.32. The lowest BCUT2D eigenvalue weighted by Gasteiger charge is -2.21. The molecule has 1 amide bonds. The third-order valence-corrected chi connectivity index (χ3v) is 3.26. The normalized spacial score (nSPS) is 9.90. The summed E-state index contributed by atoms with van der Waals surface area (Å²) in [6, 6.07) is 5.19. The lowest BCUT2D eigenvalue weighted by Crippen LogP contribution is -2.32. The summed E-state index contributed by atoms with van der Waals surface area (Å²) in [4.78, 5) is 14.3. The van der Waals surface area contributed by atoms with Gasteiger partial charge in [-0.3, -0.25) is 4.79 Å². The van der Waals surface area contributed by atoms with Crippen molar-refractivity contribution in [1.29, 1.82) is 0 Å². The fraction of sp³-hybridized carbons (Fsp3) is 0.471. The van der Waals surface area contributed by atoms with Crippen LogP contribution in [0.3, 0.4) is 0 Å². The lowest BCUT2D eigenvalue weighted by atomic mass is 10.1. The number of carbonyl (C=O) groups excluding carboxylic acids is 1. The third-order valence-electron chi connectivity index (χ3n) is 2.95. The van der Waals surface area contributed by atoms with Crippen LogP contribution in [-0.4, -0.2) is 35.6 Å². The standard InChI is InChI=1S/C17H22ClNO2/c1-3-10-19(11-4-2)17(21)15-9-8-14(16(18)13-15)7-5-6-12-20/h8-9,13,20H,3-4,6,10-12H2,1-2H3. The van der Waals surface area contributed by atoms with Crippen molar-refractivity contribution in [1.82, 2.24) is 4.90 Å². The Hall–Kier alpha value is -1.50. The number of nitrogens with zero attached hydrogens (tertiary/aromatic N) is 1. The van der Waals surface area contributed by atoms with E-state index in [1.165, 1.54) is 0 Å². The van der Waals surface area contributed by atoms with Gasteiger partial charge in [0.1, 0.15) is 0 Å². The summed E-state index contributed by atoms with van der Waals surface area (Å²) in [6.07, 6.45) is 2.28. The van der Waals surface area contributed by atoms with Gasteiger partial charge in [-0.15, -0.1) is 0 Å². The number of rotatable bonds is 6. The molecule has 114 valence electrons. The van der Waals surface area contributed by atoms with Crippen molar-refractivity contribution in [3.63, 3.8) is 0 Å². The summed E-state index contributed by atoms with van der Waals surface area (Å²) in [7, 11) is 0. The van der Waals surface area contributed by atoms with E-state index in [2.05, 4.69) is 25.7 Å². The first-order chi connectivity index (χ1) is 10.1. The predicted molar refractivity (Wildman–Crippen MR) is 86.5 cm³/mol. The Bertz CT molecular complexity index is 525. The van der Waals surface area contributed by atoms with Gasteiger partial charge in [0.2, 0.25) is 0 Å². The molecular weight excluding hydrogens is 286 g/mol. The van der Waals surface area contributed by atoms with Crippen molar-refractivity contribution in [3.05, 3.63) is 34.3 Å². The fourth-order valence-corrected chi connectivity index (χ4v) is 2.23. The molecule has 1 N–H and O–H groups in total. The maximum Gasteiger partial charge on any atom is 0.253 e. The van der Waals surface area contributed by atoms with Gasteiger partial charge in [0.25, 0.3) is 5.91 Å². The van der Waals surface area contributed by atoms with Gasteiger partial charge in [-0.25, -0.2) is 0 Å². The minimum Gasteiger partial charge on any atom is -0.395 e. The second-order valence-electron chi connectivity index (χ2n) is 4.76. The molecule has 0 aliphatic heterocycles. The quantitative estimate of drug-likeness (QED) is 0.819. The highest BCUT2D eigenvalue weighted by Crippen LogP contribution is 2.18. The number of hydrogen-bond donors (Lipinski definition) is 1. The van der Waals surface area contributed by atoms with E-state index in [1.54, 1.807) is 18.2 Å². The maximum atomic E-state index is 12.4. The fourth-order valence-electron chi connectivity index (χ4n) is 2.00. The Morgan fingerprint density at radius 2 is 1.95 bits per heavy atom. The smallest absolute Gasteiger partial charge is 0.253 e. The average Bonchev–Trinajstić information content (AvgIpc) is 2.48. The monoisotopic (exact) mass is 307 g/mol. The molecule has 0 radical (unpaired) electrons. The Morgan fingerprint density at radius 3 is 2.48 bits per heavy atom. The van der Waals surface area contributed by atoms with Crippen LogP contribution in [0.5, 0.6) is 0 Å². The molecule has 0 heterocycles. The molecule has 0 saturated heterocycles. The topological polar surface area (TPSA) is 40.5 Å². The van der Waals surface area contributed by atoms with E-state index >= 15 is 0 Å². The van der Waals surface area contributed by atoms with E-state index in [4.69, 9.17) is 16.7 Å². The van der Waals surface area contributed by atoms with Crippen LogP contribution in [0.15, 0.2) is 18.2 Å². The zero-order chi connectivity index (χ0) is 15.7. The molecule has 0 fully saturated rings. The number of carbonyl (C=O) groups is 1. The first-order valence-corrected chi connectivity index (χ1v) is 7.70. The highest BCUT2D eigenvalue weighted by Gasteiger charge is 2.15. The molecule has 3 nitrogen and oxygen atoms in total. The van der Waals surface area contributed by atoms with Crippen molar-refractivity contribution in [2.75, 3.05) is 19.7 Å². The highest BCUT2D eigenvalue weighted by atomic mass is 35.5. The van der Waals surface area contributed by atoms with Crippen LogP contribution in [-0.2, 0) is 0 Å². The van der Waals surface area contributed by atoms with Gasteiger partial charge < -0.3 is 10.0 Å². The Kier molecular flexibility index (Phi) is 7.89. The number of benzene rings is 1. The molecule has 0 atom stereocenters.